The average molecular weight is 305 g/mol. The van der Waals surface area contributed by atoms with E-state index in [1.54, 1.807) is 0 Å². The number of nitrogens with one attached hydrogen (secondary N) is 1. The fraction of sp³-hybridized carbons (Fsp3) is 0.267. The third kappa shape index (κ3) is 2.91. The molecule has 2 aromatic rings. The van der Waals surface area contributed by atoms with E-state index < -0.39 is 0 Å². The van der Waals surface area contributed by atoms with Crippen molar-refractivity contribution in [1.82, 2.24) is 4.98 Å². The fourth-order valence-corrected chi connectivity index (χ4v) is 2.24. The molecule has 0 aliphatic heterocycles. The molecule has 0 aliphatic carbocycles. The first-order valence-corrected chi connectivity index (χ1v) is 6.80. The summed E-state index contributed by atoms with van der Waals surface area (Å²) in [6.45, 7) is 6.38. The zero-order chi connectivity index (χ0) is 13.1. The molecule has 1 unspecified atom stereocenters. The van der Waals surface area contributed by atoms with Crippen molar-refractivity contribution >= 4 is 21.6 Å². The zero-order valence-corrected chi connectivity index (χ0v) is 12.5. The minimum absolute atomic E-state index is 0.271. The number of rotatable bonds is 3. The van der Waals surface area contributed by atoms with Gasteiger partial charge in [0.05, 0.1) is 0 Å². The quantitative estimate of drug-likeness (QED) is 0.894. The molecule has 0 spiro atoms. The Morgan fingerprint density at radius 2 is 1.67 bits per heavy atom. The van der Waals surface area contributed by atoms with Gasteiger partial charge in [-0.15, -0.1) is 0 Å². The third-order valence-electron chi connectivity index (χ3n) is 3.03. The van der Waals surface area contributed by atoms with Crippen LogP contribution >= 0.6 is 15.9 Å². The van der Waals surface area contributed by atoms with Crippen molar-refractivity contribution in [2.45, 2.75) is 26.8 Å². The standard InChI is InChI=1S/C15H17BrN2/c1-10-8-14(9-11(2)15(10)16)18-12(3)13-4-6-17-7-5-13/h4-9,12,18H,1-3H3. The van der Waals surface area contributed by atoms with Crippen LogP contribution in [0.5, 0.6) is 0 Å². The van der Waals surface area contributed by atoms with E-state index in [1.807, 2.05) is 24.5 Å². The number of anilines is 1. The van der Waals surface area contributed by atoms with E-state index in [-0.39, 0.29) is 6.04 Å². The number of pyridine rings is 1. The Hall–Kier alpha value is -1.35. The second-order valence-corrected chi connectivity index (χ2v) is 5.36. The lowest BCUT2D eigenvalue weighted by Crippen LogP contribution is -2.07. The van der Waals surface area contributed by atoms with E-state index in [2.05, 4.69) is 59.1 Å². The molecule has 1 aromatic carbocycles. The van der Waals surface area contributed by atoms with E-state index in [1.165, 1.54) is 21.2 Å². The lowest BCUT2D eigenvalue weighted by atomic mass is 10.1. The topological polar surface area (TPSA) is 24.9 Å². The van der Waals surface area contributed by atoms with E-state index in [0.717, 1.165) is 5.69 Å². The summed E-state index contributed by atoms with van der Waals surface area (Å²) >= 11 is 3.59. The lowest BCUT2D eigenvalue weighted by molar-refractivity contribution is 0.880. The fourth-order valence-electron chi connectivity index (χ4n) is 2.01. The lowest BCUT2D eigenvalue weighted by Gasteiger charge is -2.17. The summed E-state index contributed by atoms with van der Waals surface area (Å²) in [5.41, 5.74) is 4.89. The van der Waals surface area contributed by atoms with Gasteiger partial charge in [-0.05, 0) is 61.7 Å². The highest BCUT2D eigenvalue weighted by atomic mass is 79.9. The van der Waals surface area contributed by atoms with E-state index >= 15 is 0 Å². The van der Waals surface area contributed by atoms with Crippen LogP contribution in [0, 0.1) is 13.8 Å². The minimum atomic E-state index is 0.271. The van der Waals surface area contributed by atoms with Crippen molar-refractivity contribution in [1.29, 1.82) is 0 Å². The number of benzene rings is 1. The Labute approximate surface area is 117 Å². The highest BCUT2D eigenvalue weighted by Gasteiger charge is 2.07. The zero-order valence-electron chi connectivity index (χ0n) is 10.9. The molecule has 1 aromatic heterocycles. The van der Waals surface area contributed by atoms with Gasteiger partial charge in [0, 0.05) is 28.6 Å². The molecular weight excluding hydrogens is 288 g/mol. The maximum atomic E-state index is 4.04. The van der Waals surface area contributed by atoms with Crippen LogP contribution in [0.4, 0.5) is 5.69 Å². The molecule has 2 rings (SSSR count). The van der Waals surface area contributed by atoms with E-state index in [4.69, 9.17) is 0 Å². The third-order valence-corrected chi connectivity index (χ3v) is 4.28. The van der Waals surface area contributed by atoms with Crippen molar-refractivity contribution < 1.29 is 0 Å². The molecule has 0 aliphatic rings. The number of aryl methyl sites for hydroxylation is 2. The summed E-state index contributed by atoms with van der Waals surface area (Å²) in [5, 5.41) is 3.52. The molecule has 3 heteroatoms. The van der Waals surface area contributed by atoms with Gasteiger partial charge in [0.1, 0.15) is 0 Å². The van der Waals surface area contributed by atoms with Gasteiger partial charge in [0.15, 0.2) is 0 Å². The monoisotopic (exact) mass is 304 g/mol. The molecule has 0 saturated heterocycles. The molecule has 0 amide bonds. The Balaban J connectivity index is 2.20. The summed E-state index contributed by atoms with van der Waals surface area (Å²) in [6, 6.07) is 8.67. The predicted molar refractivity (Wildman–Crippen MR) is 79.9 cm³/mol. The van der Waals surface area contributed by atoms with Crippen LogP contribution in [0.25, 0.3) is 0 Å². The maximum Gasteiger partial charge on any atom is 0.0486 e. The summed E-state index contributed by atoms with van der Waals surface area (Å²) in [7, 11) is 0. The molecule has 1 heterocycles. The normalized spacial score (nSPS) is 12.2. The number of halogens is 1. The average Bonchev–Trinajstić information content (AvgIpc) is 2.37. The van der Waals surface area contributed by atoms with Crippen molar-refractivity contribution in [3.8, 4) is 0 Å². The van der Waals surface area contributed by atoms with Crippen LogP contribution < -0.4 is 5.32 Å². The molecule has 18 heavy (non-hydrogen) atoms. The molecule has 0 bridgehead atoms. The highest BCUT2D eigenvalue weighted by Crippen LogP contribution is 2.27. The minimum Gasteiger partial charge on any atom is -0.379 e. The maximum absolute atomic E-state index is 4.04. The van der Waals surface area contributed by atoms with Crippen LogP contribution in [0.3, 0.4) is 0 Å². The first kappa shape index (κ1) is 13.1. The molecule has 2 nitrogen and oxygen atoms in total. The molecular formula is C15H17BrN2. The molecule has 0 fully saturated rings. The van der Waals surface area contributed by atoms with E-state index in [0.29, 0.717) is 0 Å². The van der Waals surface area contributed by atoms with Gasteiger partial charge in [-0.2, -0.15) is 0 Å². The molecule has 94 valence electrons. The summed E-state index contributed by atoms with van der Waals surface area (Å²) < 4.78 is 1.18. The molecule has 0 saturated carbocycles. The van der Waals surface area contributed by atoms with Gasteiger partial charge in [0.25, 0.3) is 0 Å². The second kappa shape index (κ2) is 5.53. The Kier molecular flexibility index (Phi) is 4.02. The van der Waals surface area contributed by atoms with Crippen LogP contribution in [0.15, 0.2) is 41.1 Å². The van der Waals surface area contributed by atoms with Crippen LogP contribution in [-0.4, -0.2) is 4.98 Å². The van der Waals surface area contributed by atoms with Crippen molar-refractivity contribution in [2.75, 3.05) is 5.32 Å². The Morgan fingerprint density at radius 3 is 2.22 bits per heavy atom. The summed E-state index contributed by atoms with van der Waals surface area (Å²) in [4.78, 5) is 4.04. The van der Waals surface area contributed by atoms with Crippen molar-refractivity contribution in [3.05, 3.63) is 57.8 Å². The molecule has 1 atom stereocenters. The van der Waals surface area contributed by atoms with Crippen LogP contribution in [0.1, 0.15) is 29.7 Å². The van der Waals surface area contributed by atoms with Gasteiger partial charge in [-0.25, -0.2) is 0 Å². The number of hydrogen-bond donors (Lipinski definition) is 1. The van der Waals surface area contributed by atoms with Gasteiger partial charge in [-0.3, -0.25) is 4.98 Å². The van der Waals surface area contributed by atoms with Crippen molar-refractivity contribution in [2.24, 2.45) is 0 Å². The number of nitrogens with zero attached hydrogens (tertiary/aromatic N) is 1. The number of hydrogen-bond acceptors (Lipinski definition) is 2. The van der Waals surface area contributed by atoms with Gasteiger partial charge in [-0.1, -0.05) is 15.9 Å². The van der Waals surface area contributed by atoms with Gasteiger partial charge in [0.2, 0.25) is 0 Å². The Bertz CT molecular complexity index is 514. The predicted octanol–water partition coefficient (Wildman–Crippen LogP) is 4.63. The first-order chi connectivity index (χ1) is 8.58. The second-order valence-electron chi connectivity index (χ2n) is 4.57. The van der Waals surface area contributed by atoms with Gasteiger partial charge < -0.3 is 5.32 Å². The van der Waals surface area contributed by atoms with Crippen LogP contribution in [0.2, 0.25) is 0 Å². The first-order valence-electron chi connectivity index (χ1n) is 6.01. The van der Waals surface area contributed by atoms with Gasteiger partial charge >= 0.3 is 0 Å². The Morgan fingerprint density at radius 1 is 1.11 bits per heavy atom. The smallest absolute Gasteiger partial charge is 0.0486 e. The number of aromatic nitrogens is 1. The van der Waals surface area contributed by atoms with Crippen molar-refractivity contribution in [3.63, 3.8) is 0 Å². The summed E-state index contributed by atoms with van der Waals surface area (Å²) in [6.07, 6.45) is 3.65. The van der Waals surface area contributed by atoms with Crippen LogP contribution in [-0.2, 0) is 0 Å². The SMILES string of the molecule is Cc1cc(NC(C)c2ccncc2)cc(C)c1Br. The molecule has 1 N–H and O–H groups in total. The highest BCUT2D eigenvalue weighted by molar-refractivity contribution is 9.10. The largest absolute Gasteiger partial charge is 0.379 e. The molecule has 0 radical (unpaired) electrons. The summed E-state index contributed by atoms with van der Waals surface area (Å²) in [5.74, 6) is 0. The van der Waals surface area contributed by atoms with E-state index in [9.17, 15) is 0 Å².